The largest absolute Gasteiger partial charge is 0.233 e. The third-order valence-electron chi connectivity index (χ3n) is 1.98. The average molecular weight is 120 g/mol. The van der Waals surface area contributed by atoms with Gasteiger partial charge in [0.05, 0.1) is 0 Å². The van der Waals surface area contributed by atoms with Crippen molar-refractivity contribution >= 4 is 0 Å². The van der Waals surface area contributed by atoms with Crippen molar-refractivity contribution in [3.8, 4) is 0 Å². The Balaban J connectivity index is 2.23. The summed E-state index contributed by atoms with van der Waals surface area (Å²) >= 11 is 0. The lowest BCUT2D eigenvalue weighted by atomic mass is 10.0. The van der Waals surface area contributed by atoms with E-state index in [0.717, 1.165) is 13.0 Å². The first kappa shape index (κ1) is 5.24. The van der Waals surface area contributed by atoms with Crippen LogP contribution < -0.4 is 5.32 Å². The number of rotatable bonds is 0. The summed E-state index contributed by atoms with van der Waals surface area (Å²) in [6.45, 7) is 1.05. The zero-order valence-corrected chi connectivity index (χ0v) is 5.38. The monoisotopic (exact) mass is 120 g/mol. The third-order valence-corrected chi connectivity index (χ3v) is 1.98. The Bertz CT molecular complexity index is 167. The van der Waals surface area contributed by atoms with Gasteiger partial charge in [-0.3, -0.25) is 0 Å². The van der Waals surface area contributed by atoms with Gasteiger partial charge in [0, 0.05) is 12.6 Å². The summed E-state index contributed by atoms with van der Waals surface area (Å²) in [5.41, 5.74) is 1.54. The van der Waals surface area contributed by atoms with Crippen LogP contribution in [0.1, 0.15) is 12.8 Å². The van der Waals surface area contributed by atoms with E-state index in [1.54, 1.807) is 0 Å². The van der Waals surface area contributed by atoms with E-state index in [1.165, 1.54) is 12.0 Å². The zero-order chi connectivity index (χ0) is 6.10. The maximum atomic E-state index is 4.44. The molecule has 1 aliphatic carbocycles. The first-order valence-corrected chi connectivity index (χ1v) is 3.49. The standard InChI is InChI=1S/C8H10N/c1-2-4-8-7(3-1)5-6-9-8/h1-3,8H,4-6H2. The molecule has 1 nitrogen and oxygen atoms in total. The second-order valence-electron chi connectivity index (χ2n) is 2.58. The second kappa shape index (κ2) is 1.99. The van der Waals surface area contributed by atoms with Crippen LogP contribution in [0.15, 0.2) is 23.8 Å². The Morgan fingerprint density at radius 2 is 2.56 bits per heavy atom. The highest BCUT2D eigenvalue weighted by Gasteiger charge is 2.20. The van der Waals surface area contributed by atoms with Crippen LogP contribution in [0.5, 0.6) is 0 Å². The van der Waals surface area contributed by atoms with Crippen LogP contribution >= 0.6 is 0 Å². The fraction of sp³-hybridized carbons (Fsp3) is 0.500. The molecule has 1 aliphatic heterocycles. The lowest BCUT2D eigenvalue weighted by Gasteiger charge is -2.10. The van der Waals surface area contributed by atoms with Gasteiger partial charge in [-0.15, -0.1) is 0 Å². The molecule has 0 N–H and O–H groups in total. The molecule has 0 bridgehead atoms. The number of hydrogen-bond acceptors (Lipinski definition) is 0. The van der Waals surface area contributed by atoms with Crippen LogP contribution in [0, 0.1) is 0 Å². The number of fused-ring (bicyclic) bond motifs is 1. The van der Waals surface area contributed by atoms with Crippen LogP contribution in [0.4, 0.5) is 0 Å². The minimum Gasteiger partial charge on any atom is -0.233 e. The smallest absolute Gasteiger partial charge is 0.0493 e. The molecule has 0 saturated carbocycles. The lowest BCUT2D eigenvalue weighted by molar-refractivity contribution is 0.655. The first-order valence-electron chi connectivity index (χ1n) is 3.49. The quantitative estimate of drug-likeness (QED) is 0.457. The lowest BCUT2D eigenvalue weighted by Crippen LogP contribution is -2.15. The Morgan fingerprint density at radius 3 is 3.44 bits per heavy atom. The summed E-state index contributed by atoms with van der Waals surface area (Å²) in [5.74, 6) is 0. The third kappa shape index (κ3) is 0.815. The zero-order valence-electron chi connectivity index (χ0n) is 5.38. The molecule has 0 aromatic rings. The molecule has 1 heterocycles. The maximum absolute atomic E-state index is 4.44. The van der Waals surface area contributed by atoms with Crippen molar-refractivity contribution in [2.24, 2.45) is 0 Å². The molecule has 1 radical (unpaired) electrons. The minimum absolute atomic E-state index is 0.565. The summed E-state index contributed by atoms with van der Waals surface area (Å²) in [4.78, 5) is 0. The maximum Gasteiger partial charge on any atom is 0.0493 e. The van der Waals surface area contributed by atoms with E-state index in [2.05, 4.69) is 23.5 Å². The number of hydrogen-bond donors (Lipinski definition) is 0. The molecule has 0 spiro atoms. The van der Waals surface area contributed by atoms with Crippen molar-refractivity contribution in [1.82, 2.24) is 5.32 Å². The molecule has 9 heavy (non-hydrogen) atoms. The summed E-state index contributed by atoms with van der Waals surface area (Å²) in [7, 11) is 0. The van der Waals surface area contributed by atoms with Crippen LogP contribution in [-0.2, 0) is 0 Å². The molecule has 0 aromatic carbocycles. The van der Waals surface area contributed by atoms with Gasteiger partial charge in [0.25, 0.3) is 0 Å². The summed E-state index contributed by atoms with van der Waals surface area (Å²) in [5, 5.41) is 4.44. The van der Waals surface area contributed by atoms with E-state index in [0.29, 0.717) is 6.04 Å². The SMILES string of the molecule is C1=CCC2[N]CCC2=C1. The van der Waals surface area contributed by atoms with Crippen molar-refractivity contribution in [2.45, 2.75) is 18.9 Å². The van der Waals surface area contributed by atoms with Crippen molar-refractivity contribution in [3.63, 3.8) is 0 Å². The van der Waals surface area contributed by atoms with Gasteiger partial charge in [0.15, 0.2) is 0 Å². The Labute approximate surface area is 55.5 Å². The second-order valence-corrected chi connectivity index (χ2v) is 2.58. The van der Waals surface area contributed by atoms with Gasteiger partial charge >= 0.3 is 0 Å². The predicted molar refractivity (Wildman–Crippen MR) is 37.2 cm³/mol. The van der Waals surface area contributed by atoms with Crippen molar-refractivity contribution in [1.29, 1.82) is 0 Å². The van der Waals surface area contributed by atoms with Crippen molar-refractivity contribution in [2.75, 3.05) is 6.54 Å². The van der Waals surface area contributed by atoms with Gasteiger partial charge in [-0.05, 0) is 12.8 Å². The molecule has 1 unspecified atom stereocenters. The van der Waals surface area contributed by atoms with Crippen LogP contribution in [0.3, 0.4) is 0 Å². The molecular weight excluding hydrogens is 110 g/mol. The van der Waals surface area contributed by atoms with Crippen LogP contribution in [0.25, 0.3) is 0 Å². The fourth-order valence-electron chi connectivity index (χ4n) is 1.45. The molecule has 0 amide bonds. The van der Waals surface area contributed by atoms with Gasteiger partial charge in [-0.2, -0.15) is 0 Å². The summed E-state index contributed by atoms with van der Waals surface area (Å²) in [6.07, 6.45) is 8.90. The van der Waals surface area contributed by atoms with E-state index in [9.17, 15) is 0 Å². The van der Waals surface area contributed by atoms with E-state index in [4.69, 9.17) is 0 Å². The summed E-state index contributed by atoms with van der Waals surface area (Å²) < 4.78 is 0. The highest BCUT2D eigenvalue weighted by atomic mass is 14.9. The Morgan fingerprint density at radius 1 is 1.56 bits per heavy atom. The van der Waals surface area contributed by atoms with Crippen molar-refractivity contribution in [3.05, 3.63) is 23.8 Å². The molecule has 1 fully saturated rings. The number of nitrogens with zero attached hydrogens (tertiary/aromatic N) is 1. The average Bonchev–Trinajstić information content (AvgIpc) is 2.33. The van der Waals surface area contributed by atoms with E-state index in [1.807, 2.05) is 0 Å². The molecular formula is C8H10N. The predicted octanol–water partition coefficient (Wildman–Crippen LogP) is 1.25. The van der Waals surface area contributed by atoms with Gasteiger partial charge in [-0.25, -0.2) is 5.32 Å². The van der Waals surface area contributed by atoms with Crippen molar-refractivity contribution < 1.29 is 0 Å². The van der Waals surface area contributed by atoms with E-state index < -0.39 is 0 Å². The normalized spacial score (nSPS) is 32.0. The Hall–Kier alpha value is -0.560. The van der Waals surface area contributed by atoms with E-state index >= 15 is 0 Å². The Kier molecular flexibility index (Phi) is 1.16. The van der Waals surface area contributed by atoms with Gasteiger partial charge in [0.2, 0.25) is 0 Å². The molecule has 1 atom stereocenters. The van der Waals surface area contributed by atoms with Crippen LogP contribution in [0.2, 0.25) is 0 Å². The fourth-order valence-corrected chi connectivity index (χ4v) is 1.45. The van der Waals surface area contributed by atoms with Crippen LogP contribution in [-0.4, -0.2) is 12.6 Å². The van der Waals surface area contributed by atoms with Gasteiger partial charge < -0.3 is 0 Å². The minimum atomic E-state index is 0.565. The molecule has 0 aromatic heterocycles. The van der Waals surface area contributed by atoms with E-state index in [-0.39, 0.29) is 0 Å². The topological polar surface area (TPSA) is 14.1 Å². The highest BCUT2D eigenvalue weighted by molar-refractivity contribution is 5.26. The van der Waals surface area contributed by atoms with Gasteiger partial charge in [-0.1, -0.05) is 23.8 Å². The molecule has 47 valence electrons. The highest BCUT2D eigenvalue weighted by Crippen LogP contribution is 2.21. The molecule has 1 saturated heterocycles. The number of allylic oxidation sites excluding steroid dienone is 2. The molecule has 2 rings (SSSR count). The molecule has 1 heteroatoms. The first-order chi connectivity index (χ1) is 4.47. The van der Waals surface area contributed by atoms with Gasteiger partial charge in [0.1, 0.15) is 0 Å². The summed E-state index contributed by atoms with van der Waals surface area (Å²) in [6, 6.07) is 0.565. The molecule has 2 aliphatic rings.